The summed E-state index contributed by atoms with van der Waals surface area (Å²) in [4.78, 5) is 28.6. The molecule has 0 radical (unpaired) electrons. The monoisotopic (exact) mass is 495 g/mol. The fourth-order valence-corrected chi connectivity index (χ4v) is 5.34. The highest BCUT2D eigenvalue weighted by Gasteiger charge is 2.46. The minimum absolute atomic E-state index is 0.0615. The van der Waals surface area contributed by atoms with Crippen molar-refractivity contribution in [3.05, 3.63) is 42.2 Å². The Balaban J connectivity index is 1.20. The van der Waals surface area contributed by atoms with Crippen LogP contribution < -0.4 is 10.1 Å². The Morgan fingerprint density at radius 1 is 1.17 bits per heavy atom. The average molecular weight is 496 g/mol. The van der Waals surface area contributed by atoms with Crippen LogP contribution in [0.1, 0.15) is 70.5 Å². The SMILES string of the molecule is CC(C)(C)[C@@H](C(=O)N1C[C@H](O)C[C@H]1C(=O)NC1CC(COc2ccccc2)C1)n1cc(C2CC2)nn1. The maximum absolute atomic E-state index is 13.8. The van der Waals surface area contributed by atoms with Gasteiger partial charge in [0.2, 0.25) is 11.8 Å². The molecule has 194 valence electrons. The fraction of sp³-hybridized carbons (Fsp3) is 0.630. The first-order valence-electron chi connectivity index (χ1n) is 13.1. The van der Waals surface area contributed by atoms with Crippen molar-refractivity contribution < 1.29 is 19.4 Å². The summed E-state index contributed by atoms with van der Waals surface area (Å²) in [5.41, 5.74) is 0.476. The highest BCUT2D eigenvalue weighted by molar-refractivity contribution is 5.90. The van der Waals surface area contributed by atoms with Crippen LogP contribution in [0.5, 0.6) is 5.75 Å². The maximum atomic E-state index is 13.8. The van der Waals surface area contributed by atoms with Crippen molar-refractivity contribution in [2.75, 3.05) is 13.2 Å². The second-order valence-electron chi connectivity index (χ2n) is 11.7. The molecule has 2 N–H and O–H groups in total. The van der Waals surface area contributed by atoms with Gasteiger partial charge in [0.1, 0.15) is 17.8 Å². The molecule has 9 nitrogen and oxygen atoms in total. The predicted molar refractivity (Wildman–Crippen MR) is 133 cm³/mol. The fourth-order valence-electron chi connectivity index (χ4n) is 5.34. The van der Waals surface area contributed by atoms with E-state index in [0.717, 1.165) is 37.1 Å². The molecule has 0 unspecified atom stereocenters. The van der Waals surface area contributed by atoms with Crippen LogP contribution in [0.15, 0.2) is 36.5 Å². The van der Waals surface area contributed by atoms with Gasteiger partial charge in [0.05, 0.1) is 18.4 Å². The molecule has 1 aliphatic heterocycles. The normalized spacial score (nSPS) is 26.8. The quantitative estimate of drug-likeness (QED) is 0.583. The van der Waals surface area contributed by atoms with Gasteiger partial charge in [0.15, 0.2) is 0 Å². The third-order valence-corrected chi connectivity index (χ3v) is 7.52. The molecule has 2 aromatic rings. The number of benzene rings is 1. The lowest BCUT2D eigenvalue weighted by Crippen LogP contribution is -2.54. The topological polar surface area (TPSA) is 110 Å². The van der Waals surface area contributed by atoms with E-state index in [9.17, 15) is 14.7 Å². The molecule has 2 heterocycles. The Morgan fingerprint density at radius 3 is 2.56 bits per heavy atom. The van der Waals surface area contributed by atoms with Gasteiger partial charge in [-0.25, -0.2) is 4.68 Å². The minimum Gasteiger partial charge on any atom is -0.493 e. The van der Waals surface area contributed by atoms with E-state index in [1.807, 2.05) is 57.3 Å². The highest BCUT2D eigenvalue weighted by Crippen LogP contribution is 2.40. The number of hydrogen-bond donors (Lipinski definition) is 2. The summed E-state index contributed by atoms with van der Waals surface area (Å²) in [6, 6.07) is 8.48. The molecule has 0 spiro atoms. The summed E-state index contributed by atoms with van der Waals surface area (Å²) >= 11 is 0. The number of carbonyl (C=O) groups excluding carboxylic acids is 2. The van der Waals surface area contributed by atoms with Crippen molar-refractivity contribution >= 4 is 11.8 Å². The summed E-state index contributed by atoms with van der Waals surface area (Å²) in [7, 11) is 0. The number of carbonyl (C=O) groups is 2. The Morgan fingerprint density at radius 2 is 1.89 bits per heavy atom. The van der Waals surface area contributed by atoms with Crippen LogP contribution in [0.2, 0.25) is 0 Å². The zero-order chi connectivity index (χ0) is 25.4. The number of aliphatic hydroxyl groups excluding tert-OH is 1. The molecule has 3 aliphatic rings. The largest absolute Gasteiger partial charge is 0.493 e. The molecular formula is C27H37N5O4. The van der Waals surface area contributed by atoms with E-state index in [1.165, 1.54) is 0 Å². The molecule has 1 aromatic heterocycles. The van der Waals surface area contributed by atoms with E-state index >= 15 is 0 Å². The number of β-amino-alcohol motifs (C(OH)–C–C–N with tert-alkyl or cyclic N) is 1. The van der Waals surface area contributed by atoms with E-state index in [2.05, 4.69) is 15.6 Å². The molecule has 9 heteroatoms. The van der Waals surface area contributed by atoms with Gasteiger partial charge in [-0.2, -0.15) is 0 Å². The van der Waals surface area contributed by atoms with Gasteiger partial charge < -0.3 is 20.1 Å². The highest BCUT2D eigenvalue weighted by atomic mass is 16.5. The number of likely N-dealkylation sites (tertiary alicyclic amines) is 1. The van der Waals surface area contributed by atoms with Crippen LogP contribution in [0.4, 0.5) is 0 Å². The Hall–Kier alpha value is -2.94. The van der Waals surface area contributed by atoms with E-state index in [0.29, 0.717) is 18.4 Å². The van der Waals surface area contributed by atoms with Crippen molar-refractivity contribution in [3.63, 3.8) is 0 Å². The van der Waals surface area contributed by atoms with Crippen molar-refractivity contribution in [1.82, 2.24) is 25.2 Å². The molecule has 0 bridgehead atoms. The van der Waals surface area contributed by atoms with Crippen molar-refractivity contribution in [1.29, 1.82) is 0 Å². The molecular weight excluding hydrogens is 458 g/mol. The smallest absolute Gasteiger partial charge is 0.248 e. The third kappa shape index (κ3) is 5.40. The average Bonchev–Trinajstić information content (AvgIpc) is 3.42. The van der Waals surface area contributed by atoms with E-state index in [4.69, 9.17) is 4.74 Å². The zero-order valence-electron chi connectivity index (χ0n) is 21.3. The van der Waals surface area contributed by atoms with Crippen molar-refractivity contribution in [3.8, 4) is 5.75 Å². The summed E-state index contributed by atoms with van der Waals surface area (Å²) in [5, 5.41) is 22.1. The molecule has 3 fully saturated rings. The first kappa shape index (κ1) is 24.7. The van der Waals surface area contributed by atoms with Crippen LogP contribution in [0, 0.1) is 11.3 Å². The van der Waals surface area contributed by atoms with Gasteiger partial charge >= 0.3 is 0 Å². The van der Waals surface area contributed by atoms with Gasteiger partial charge in [-0.05, 0) is 49.1 Å². The second-order valence-corrected chi connectivity index (χ2v) is 11.7. The van der Waals surface area contributed by atoms with Gasteiger partial charge in [0.25, 0.3) is 0 Å². The summed E-state index contributed by atoms with van der Waals surface area (Å²) in [6.45, 7) is 6.73. The number of ether oxygens (including phenoxy) is 1. The number of aliphatic hydroxyl groups is 1. The van der Waals surface area contributed by atoms with Gasteiger partial charge in [0, 0.05) is 31.1 Å². The van der Waals surface area contributed by atoms with Gasteiger partial charge in [-0.15, -0.1) is 5.10 Å². The number of nitrogens with zero attached hydrogens (tertiary/aromatic N) is 4. The Labute approximate surface area is 212 Å². The summed E-state index contributed by atoms with van der Waals surface area (Å²) in [5.74, 6) is 1.28. The number of amides is 2. The minimum atomic E-state index is -0.725. The number of para-hydroxylation sites is 1. The zero-order valence-corrected chi connectivity index (χ0v) is 21.3. The van der Waals surface area contributed by atoms with Crippen molar-refractivity contribution in [2.24, 2.45) is 11.3 Å². The number of hydrogen-bond acceptors (Lipinski definition) is 6. The van der Waals surface area contributed by atoms with E-state index in [-0.39, 0.29) is 30.8 Å². The van der Waals surface area contributed by atoms with Gasteiger partial charge in [-0.1, -0.05) is 44.2 Å². The van der Waals surface area contributed by atoms with E-state index < -0.39 is 23.6 Å². The lowest BCUT2D eigenvalue weighted by Gasteiger charge is -2.38. The standard InChI is InChI=1S/C27H37N5O4/c1-27(2,3)24(32-15-22(29-30-32)18-9-10-18)26(35)31-14-20(33)13-23(31)25(34)28-19-11-17(12-19)16-36-21-7-5-4-6-8-21/h4-8,15,17-20,23-24,33H,9-14,16H2,1-3H3,(H,28,34)/t17?,19?,20-,23+,24-/m1/s1. The van der Waals surface area contributed by atoms with Crippen LogP contribution in [0.25, 0.3) is 0 Å². The predicted octanol–water partition coefficient (Wildman–Crippen LogP) is 2.68. The van der Waals surface area contributed by atoms with Crippen molar-refractivity contribution in [2.45, 2.75) is 83.0 Å². The number of aromatic nitrogens is 3. The molecule has 5 rings (SSSR count). The van der Waals surface area contributed by atoms with Crippen LogP contribution in [0.3, 0.4) is 0 Å². The molecule has 1 saturated heterocycles. The molecule has 3 atom stereocenters. The molecule has 2 saturated carbocycles. The second kappa shape index (κ2) is 9.84. The van der Waals surface area contributed by atoms with Gasteiger partial charge in [-0.3, -0.25) is 9.59 Å². The molecule has 2 aliphatic carbocycles. The summed E-state index contributed by atoms with van der Waals surface area (Å²) < 4.78 is 7.49. The number of rotatable bonds is 8. The van der Waals surface area contributed by atoms with Crippen LogP contribution >= 0.6 is 0 Å². The lowest BCUT2D eigenvalue weighted by atomic mass is 9.80. The summed E-state index contributed by atoms with van der Waals surface area (Å²) in [6.07, 6.45) is 5.29. The number of nitrogens with one attached hydrogen (secondary N) is 1. The van der Waals surface area contributed by atoms with E-state index in [1.54, 1.807) is 9.58 Å². The molecule has 1 aromatic carbocycles. The Bertz CT molecular complexity index is 1070. The Kier molecular flexibility index (Phi) is 6.76. The molecule has 36 heavy (non-hydrogen) atoms. The molecule has 2 amide bonds. The first-order valence-corrected chi connectivity index (χ1v) is 13.1. The maximum Gasteiger partial charge on any atom is 0.248 e. The first-order chi connectivity index (χ1) is 17.2. The third-order valence-electron chi connectivity index (χ3n) is 7.52. The van der Waals surface area contributed by atoms with Crippen LogP contribution in [-0.2, 0) is 9.59 Å². The lowest BCUT2D eigenvalue weighted by molar-refractivity contribution is -0.144. The van der Waals surface area contributed by atoms with Crippen LogP contribution in [-0.4, -0.2) is 68.2 Å².